The van der Waals surface area contributed by atoms with Crippen LogP contribution < -0.4 is 5.32 Å². The fourth-order valence-corrected chi connectivity index (χ4v) is 4.22. The molecular formula is C20H27NO2. The number of benzene rings is 1. The largest absolute Gasteiger partial charge is 0.346 e. The Morgan fingerprint density at radius 1 is 1.26 bits per heavy atom. The molecule has 0 heterocycles. The van der Waals surface area contributed by atoms with Crippen molar-refractivity contribution in [2.24, 2.45) is 11.8 Å². The molecular weight excluding hydrogens is 286 g/mol. The van der Waals surface area contributed by atoms with Crippen LogP contribution in [0.4, 0.5) is 0 Å². The lowest BCUT2D eigenvalue weighted by molar-refractivity contribution is -0.132. The lowest BCUT2D eigenvalue weighted by atomic mass is 9.80. The van der Waals surface area contributed by atoms with E-state index in [1.807, 2.05) is 6.92 Å². The molecule has 3 heteroatoms. The first-order valence-electron chi connectivity index (χ1n) is 8.92. The van der Waals surface area contributed by atoms with Crippen molar-refractivity contribution >= 4 is 11.7 Å². The molecule has 1 amide bonds. The number of amides is 1. The average molecular weight is 313 g/mol. The molecule has 1 N–H and O–H groups in total. The highest BCUT2D eigenvalue weighted by molar-refractivity contribution is 5.86. The zero-order valence-corrected chi connectivity index (χ0v) is 14.2. The lowest BCUT2D eigenvalue weighted by Crippen LogP contribution is -2.47. The van der Waals surface area contributed by atoms with Gasteiger partial charge in [0.05, 0.1) is 5.54 Å². The average Bonchev–Trinajstić information content (AvgIpc) is 3.00. The molecule has 3 nitrogen and oxygen atoms in total. The van der Waals surface area contributed by atoms with Crippen molar-refractivity contribution in [2.75, 3.05) is 0 Å². The summed E-state index contributed by atoms with van der Waals surface area (Å²) < 4.78 is 0. The first-order chi connectivity index (χ1) is 11.0. The molecule has 124 valence electrons. The highest BCUT2D eigenvalue weighted by atomic mass is 16.2. The number of aryl methyl sites for hydroxylation is 1. The van der Waals surface area contributed by atoms with E-state index in [9.17, 15) is 9.59 Å². The number of rotatable bonds is 3. The summed E-state index contributed by atoms with van der Waals surface area (Å²) in [5, 5.41) is 3.39. The third kappa shape index (κ3) is 3.34. The van der Waals surface area contributed by atoms with Gasteiger partial charge in [-0.3, -0.25) is 9.59 Å². The van der Waals surface area contributed by atoms with Crippen LogP contribution in [0.3, 0.4) is 0 Å². The van der Waals surface area contributed by atoms with Gasteiger partial charge in [-0.05, 0) is 38.2 Å². The minimum atomic E-state index is -0.201. The number of hydrogen-bond donors (Lipinski definition) is 1. The van der Waals surface area contributed by atoms with Crippen molar-refractivity contribution in [3.8, 4) is 0 Å². The maximum absolute atomic E-state index is 12.8. The van der Waals surface area contributed by atoms with Gasteiger partial charge in [0.15, 0.2) is 0 Å². The molecule has 0 bridgehead atoms. The van der Waals surface area contributed by atoms with Crippen molar-refractivity contribution in [3.63, 3.8) is 0 Å². The van der Waals surface area contributed by atoms with Gasteiger partial charge in [0.2, 0.25) is 5.91 Å². The summed E-state index contributed by atoms with van der Waals surface area (Å²) in [6, 6.07) is 8.53. The van der Waals surface area contributed by atoms with E-state index < -0.39 is 0 Å². The minimum absolute atomic E-state index is 0.00927. The number of carbonyl (C=O) groups is 2. The van der Waals surface area contributed by atoms with Crippen LogP contribution in [0, 0.1) is 18.8 Å². The highest BCUT2D eigenvalue weighted by Gasteiger charge is 2.39. The van der Waals surface area contributed by atoms with Crippen LogP contribution in [-0.2, 0) is 15.1 Å². The van der Waals surface area contributed by atoms with Gasteiger partial charge < -0.3 is 5.32 Å². The van der Waals surface area contributed by atoms with E-state index in [-0.39, 0.29) is 23.3 Å². The molecule has 2 unspecified atom stereocenters. The number of hydrogen-bond acceptors (Lipinski definition) is 2. The van der Waals surface area contributed by atoms with Gasteiger partial charge in [-0.15, -0.1) is 0 Å². The molecule has 0 radical (unpaired) electrons. The lowest BCUT2D eigenvalue weighted by Gasteiger charge is -2.34. The van der Waals surface area contributed by atoms with Crippen molar-refractivity contribution in [2.45, 2.75) is 64.3 Å². The van der Waals surface area contributed by atoms with E-state index >= 15 is 0 Å². The van der Waals surface area contributed by atoms with Gasteiger partial charge in [0.1, 0.15) is 5.78 Å². The first-order valence-corrected chi connectivity index (χ1v) is 8.92. The quantitative estimate of drug-likeness (QED) is 0.920. The molecule has 3 rings (SSSR count). The number of Topliss-reactive ketones (excluding diaryl/α,β-unsaturated/α-hetero) is 1. The second-order valence-corrected chi connectivity index (χ2v) is 7.49. The molecule has 2 aliphatic carbocycles. The molecule has 0 aromatic heterocycles. The predicted molar refractivity (Wildman–Crippen MR) is 91.0 cm³/mol. The van der Waals surface area contributed by atoms with Gasteiger partial charge in [-0.25, -0.2) is 0 Å². The van der Waals surface area contributed by atoms with E-state index in [1.54, 1.807) is 0 Å². The van der Waals surface area contributed by atoms with Crippen LogP contribution >= 0.6 is 0 Å². The molecule has 2 atom stereocenters. The Bertz CT molecular complexity index is 601. The molecule has 1 aromatic carbocycles. The Balaban J connectivity index is 1.77. The Morgan fingerprint density at radius 2 is 2.00 bits per heavy atom. The van der Waals surface area contributed by atoms with Gasteiger partial charge in [-0.1, -0.05) is 49.6 Å². The van der Waals surface area contributed by atoms with Crippen molar-refractivity contribution in [3.05, 3.63) is 35.4 Å². The van der Waals surface area contributed by atoms with Crippen LogP contribution in [0.15, 0.2) is 24.3 Å². The maximum atomic E-state index is 12.8. The maximum Gasteiger partial charge on any atom is 0.223 e. The van der Waals surface area contributed by atoms with Gasteiger partial charge in [0, 0.05) is 18.3 Å². The fourth-order valence-electron chi connectivity index (χ4n) is 4.22. The van der Waals surface area contributed by atoms with E-state index in [1.165, 1.54) is 11.1 Å². The van der Waals surface area contributed by atoms with E-state index in [4.69, 9.17) is 0 Å². The Kier molecular flexibility index (Phi) is 4.56. The van der Waals surface area contributed by atoms with Gasteiger partial charge in [0.25, 0.3) is 0 Å². The summed E-state index contributed by atoms with van der Waals surface area (Å²) in [6.45, 7) is 4.05. The van der Waals surface area contributed by atoms with E-state index in [0.29, 0.717) is 25.0 Å². The molecule has 23 heavy (non-hydrogen) atoms. The number of nitrogens with one attached hydrogen (secondary N) is 1. The smallest absolute Gasteiger partial charge is 0.223 e. The van der Waals surface area contributed by atoms with Crippen LogP contribution in [0.5, 0.6) is 0 Å². The fraction of sp³-hybridized carbons (Fsp3) is 0.600. The van der Waals surface area contributed by atoms with Crippen molar-refractivity contribution in [1.29, 1.82) is 0 Å². The molecule has 0 saturated heterocycles. The molecule has 1 aromatic rings. The van der Waals surface area contributed by atoms with Crippen LogP contribution in [0.1, 0.15) is 63.0 Å². The molecule has 0 spiro atoms. The monoisotopic (exact) mass is 313 g/mol. The highest BCUT2D eigenvalue weighted by Crippen LogP contribution is 2.40. The predicted octanol–water partition coefficient (Wildman–Crippen LogP) is 3.89. The summed E-state index contributed by atoms with van der Waals surface area (Å²) in [5.74, 6) is 0.471. The molecule has 2 fully saturated rings. The van der Waals surface area contributed by atoms with Gasteiger partial charge in [-0.2, -0.15) is 0 Å². The zero-order valence-electron chi connectivity index (χ0n) is 14.2. The van der Waals surface area contributed by atoms with Gasteiger partial charge >= 0.3 is 0 Å². The summed E-state index contributed by atoms with van der Waals surface area (Å²) >= 11 is 0. The third-order valence-corrected chi connectivity index (χ3v) is 5.69. The SMILES string of the molecule is Cc1cccc(C2(NC(=O)C3CCC(=O)C(C)C3)CCCC2)c1. The third-order valence-electron chi connectivity index (χ3n) is 5.69. The first kappa shape index (κ1) is 16.2. The van der Waals surface area contributed by atoms with E-state index in [2.05, 4.69) is 36.5 Å². The standard InChI is InChI=1S/C20H27NO2/c1-14-6-5-7-17(12-14)20(10-3-4-11-20)21-19(23)16-8-9-18(22)15(2)13-16/h5-7,12,15-16H,3-4,8-11,13H2,1-2H3,(H,21,23). The topological polar surface area (TPSA) is 46.2 Å². The van der Waals surface area contributed by atoms with Crippen LogP contribution in [0.2, 0.25) is 0 Å². The van der Waals surface area contributed by atoms with Crippen molar-refractivity contribution in [1.82, 2.24) is 5.32 Å². The minimum Gasteiger partial charge on any atom is -0.346 e. The normalized spacial score (nSPS) is 27.0. The molecule has 2 saturated carbocycles. The number of carbonyl (C=O) groups excluding carboxylic acids is 2. The summed E-state index contributed by atoms with van der Waals surface area (Å²) in [6.07, 6.45) is 6.32. The summed E-state index contributed by atoms with van der Waals surface area (Å²) in [7, 11) is 0. The second kappa shape index (κ2) is 6.46. The van der Waals surface area contributed by atoms with Crippen LogP contribution in [0.25, 0.3) is 0 Å². The van der Waals surface area contributed by atoms with Crippen molar-refractivity contribution < 1.29 is 9.59 Å². The zero-order chi connectivity index (χ0) is 16.4. The number of ketones is 1. The molecule has 0 aliphatic heterocycles. The Morgan fingerprint density at radius 3 is 2.65 bits per heavy atom. The second-order valence-electron chi connectivity index (χ2n) is 7.49. The Hall–Kier alpha value is -1.64. The van der Waals surface area contributed by atoms with Crippen LogP contribution in [-0.4, -0.2) is 11.7 Å². The molecule has 2 aliphatic rings. The van der Waals surface area contributed by atoms with E-state index in [0.717, 1.165) is 25.7 Å². The Labute approximate surface area is 138 Å². The summed E-state index contributed by atoms with van der Waals surface area (Å²) in [5.41, 5.74) is 2.27. The summed E-state index contributed by atoms with van der Waals surface area (Å²) in [4.78, 5) is 24.5.